The average Bonchev–Trinajstić information content (AvgIpc) is 2.76. The maximum atomic E-state index is 11.5. The van der Waals surface area contributed by atoms with Crippen molar-refractivity contribution < 1.29 is 23.9 Å². The minimum atomic E-state index is -0.590. The number of carbonyl (C=O) groups excluding carboxylic acids is 3. The molecular formula is C12H16N2O5S. The molecule has 0 fully saturated rings. The zero-order valence-electron chi connectivity index (χ0n) is 11.3. The minimum absolute atomic E-state index is 0.0537. The van der Waals surface area contributed by atoms with Crippen LogP contribution in [0.5, 0.6) is 0 Å². The third-order valence-electron chi connectivity index (χ3n) is 2.04. The first-order chi connectivity index (χ1) is 9.55. The lowest BCUT2D eigenvalue weighted by atomic mass is 10.3. The van der Waals surface area contributed by atoms with Crippen molar-refractivity contribution in [2.75, 3.05) is 18.5 Å². The Morgan fingerprint density at radius 1 is 1.20 bits per heavy atom. The SMILES string of the molecule is CCOC(=O)CC(=O)Nc1nc(CC(=O)OCC)cs1. The highest BCUT2D eigenvalue weighted by Crippen LogP contribution is 2.16. The molecule has 0 spiro atoms. The number of esters is 2. The summed E-state index contributed by atoms with van der Waals surface area (Å²) in [6.45, 7) is 3.93. The van der Waals surface area contributed by atoms with Crippen LogP contribution in [0.15, 0.2) is 5.38 Å². The van der Waals surface area contributed by atoms with Crippen molar-refractivity contribution >= 4 is 34.3 Å². The molecule has 0 atom stereocenters. The third kappa shape index (κ3) is 5.79. The second-order valence-corrected chi connectivity index (χ2v) is 4.51. The van der Waals surface area contributed by atoms with E-state index in [-0.39, 0.29) is 25.4 Å². The molecule has 0 saturated heterocycles. The van der Waals surface area contributed by atoms with E-state index in [0.717, 1.165) is 0 Å². The maximum absolute atomic E-state index is 11.5. The summed E-state index contributed by atoms with van der Waals surface area (Å²) in [4.78, 5) is 37.9. The van der Waals surface area contributed by atoms with Crippen LogP contribution in [0.4, 0.5) is 5.13 Å². The molecule has 1 aromatic rings. The molecule has 0 aliphatic rings. The molecule has 1 heterocycles. The van der Waals surface area contributed by atoms with Gasteiger partial charge in [-0.1, -0.05) is 0 Å². The molecule has 20 heavy (non-hydrogen) atoms. The van der Waals surface area contributed by atoms with Gasteiger partial charge in [0.2, 0.25) is 5.91 Å². The second kappa shape index (κ2) is 8.26. The zero-order chi connectivity index (χ0) is 15.0. The predicted octanol–water partition coefficient (Wildman–Crippen LogP) is 1.14. The number of aromatic nitrogens is 1. The smallest absolute Gasteiger partial charge is 0.315 e. The monoisotopic (exact) mass is 300 g/mol. The standard InChI is InChI=1S/C12H16N2O5S/c1-3-18-10(16)5-8-7-20-12(13-8)14-9(15)6-11(17)19-4-2/h7H,3-6H2,1-2H3,(H,13,14,15). The van der Waals surface area contributed by atoms with E-state index in [0.29, 0.717) is 17.4 Å². The first-order valence-electron chi connectivity index (χ1n) is 6.10. The summed E-state index contributed by atoms with van der Waals surface area (Å²) < 4.78 is 9.45. The second-order valence-electron chi connectivity index (χ2n) is 3.66. The van der Waals surface area contributed by atoms with Gasteiger partial charge in [-0.2, -0.15) is 0 Å². The van der Waals surface area contributed by atoms with Crippen molar-refractivity contribution in [3.05, 3.63) is 11.1 Å². The Bertz CT molecular complexity index is 486. The lowest BCUT2D eigenvalue weighted by Gasteiger charge is -2.01. The van der Waals surface area contributed by atoms with Gasteiger partial charge in [-0.25, -0.2) is 4.98 Å². The summed E-state index contributed by atoms with van der Waals surface area (Å²) in [5, 5.41) is 4.45. The Balaban J connectivity index is 2.45. The zero-order valence-corrected chi connectivity index (χ0v) is 12.1. The molecule has 0 aromatic carbocycles. The van der Waals surface area contributed by atoms with Gasteiger partial charge < -0.3 is 14.8 Å². The summed E-state index contributed by atoms with van der Waals surface area (Å²) in [5.41, 5.74) is 0.514. The fourth-order valence-corrected chi connectivity index (χ4v) is 2.04. The molecule has 0 saturated carbocycles. The van der Waals surface area contributed by atoms with Gasteiger partial charge in [0.15, 0.2) is 5.13 Å². The van der Waals surface area contributed by atoms with Gasteiger partial charge in [0.1, 0.15) is 6.42 Å². The van der Waals surface area contributed by atoms with Crippen LogP contribution in [-0.4, -0.2) is 36.0 Å². The van der Waals surface area contributed by atoms with E-state index in [1.165, 1.54) is 11.3 Å². The van der Waals surface area contributed by atoms with Gasteiger partial charge in [0.25, 0.3) is 0 Å². The van der Waals surface area contributed by atoms with Crippen molar-refractivity contribution in [2.24, 2.45) is 0 Å². The maximum Gasteiger partial charge on any atom is 0.315 e. The topological polar surface area (TPSA) is 94.6 Å². The molecule has 0 aliphatic carbocycles. The molecule has 0 unspecified atom stereocenters. The molecule has 7 nitrogen and oxygen atoms in total. The number of thiazole rings is 1. The molecule has 110 valence electrons. The Hall–Kier alpha value is -1.96. The Labute approximate surface area is 120 Å². The average molecular weight is 300 g/mol. The normalized spacial score (nSPS) is 9.90. The van der Waals surface area contributed by atoms with Crippen LogP contribution >= 0.6 is 11.3 Å². The number of nitrogens with one attached hydrogen (secondary N) is 1. The number of hydrogen-bond donors (Lipinski definition) is 1. The van der Waals surface area contributed by atoms with Gasteiger partial charge in [0, 0.05) is 5.38 Å². The Morgan fingerprint density at radius 3 is 2.50 bits per heavy atom. The molecule has 1 amide bonds. The van der Waals surface area contributed by atoms with E-state index >= 15 is 0 Å². The summed E-state index contributed by atoms with van der Waals surface area (Å²) in [7, 11) is 0. The summed E-state index contributed by atoms with van der Waals surface area (Å²) >= 11 is 1.18. The number of rotatable bonds is 7. The van der Waals surface area contributed by atoms with Crippen LogP contribution in [0.2, 0.25) is 0 Å². The molecular weight excluding hydrogens is 284 g/mol. The fourth-order valence-electron chi connectivity index (χ4n) is 1.31. The first-order valence-corrected chi connectivity index (χ1v) is 6.98. The van der Waals surface area contributed by atoms with E-state index in [2.05, 4.69) is 15.0 Å². The van der Waals surface area contributed by atoms with Crippen LogP contribution in [0.1, 0.15) is 26.0 Å². The predicted molar refractivity (Wildman–Crippen MR) is 72.3 cm³/mol. The largest absolute Gasteiger partial charge is 0.466 e. The van der Waals surface area contributed by atoms with Crippen LogP contribution < -0.4 is 5.32 Å². The first kappa shape index (κ1) is 16.1. The third-order valence-corrected chi connectivity index (χ3v) is 2.85. The van der Waals surface area contributed by atoms with Crippen molar-refractivity contribution in [1.82, 2.24) is 4.98 Å². The summed E-state index contributed by atoms with van der Waals surface area (Å²) in [6, 6.07) is 0. The molecule has 1 rings (SSSR count). The highest BCUT2D eigenvalue weighted by Gasteiger charge is 2.13. The van der Waals surface area contributed by atoms with Gasteiger partial charge >= 0.3 is 11.9 Å². The highest BCUT2D eigenvalue weighted by molar-refractivity contribution is 7.13. The van der Waals surface area contributed by atoms with Crippen LogP contribution in [0.25, 0.3) is 0 Å². The highest BCUT2D eigenvalue weighted by atomic mass is 32.1. The number of carbonyl (C=O) groups is 3. The number of amides is 1. The van der Waals surface area contributed by atoms with E-state index in [1.54, 1.807) is 19.2 Å². The molecule has 1 aromatic heterocycles. The molecule has 8 heteroatoms. The molecule has 0 bridgehead atoms. The Morgan fingerprint density at radius 2 is 1.85 bits per heavy atom. The molecule has 0 aliphatic heterocycles. The minimum Gasteiger partial charge on any atom is -0.466 e. The lowest BCUT2D eigenvalue weighted by molar-refractivity contribution is -0.145. The van der Waals surface area contributed by atoms with E-state index < -0.39 is 11.9 Å². The number of ether oxygens (including phenoxy) is 2. The van der Waals surface area contributed by atoms with Crippen molar-refractivity contribution in [3.63, 3.8) is 0 Å². The summed E-state index contributed by atoms with van der Waals surface area (Å²) in [6.07, 6.45) is -0.307. The van der Waals surface area contributed by atoms with Gasteiger partial charge in [-0.3, -0.25) is 14.4 Å². The van der Waals surface area contributed by atoms with Crippen molar-refractivity contribution in [3.8, 4) is 0 Å². The quantitative estimate of drug-likeness (QED) is 0.599. The molecule has 0 radical (unpaired) electrons. The fraction of sp³-hybridized carbons (Fsp3) is 0.500. The van der Waals surface area contributed by atoms with E-state index in [4.69, 9.17) is 4.74 Å². The van der Waals surface area contributed by atoms with Gasteiger partial charge in [-0.15, -0.1) is 11.3 Å². The number of hydrogen-bond acceptors (Lipinski definition) is 7. The van der Waals surface area contributed by atoms with E-state index in [9.17, 15) is 14.4 Å². The van der Waals surface area contributed by atoms with Crippen LogP contribution in [-0.2, 0) is 30.3 Å². The van der Waals surface area contributed by atoms with Crippen molar-refractivity contribution in [2.45, 2.75) is 26.7 Å². The number of nitrogens with zero attached hydrogens (tertiary/aromatic N) is 1. The number of anilines is 1. The lowest BCUT2D eigenvalue weighted by Crippen LogP contribution is -2.18. The van der Waals surface area contributed by atoms with Gasteiger partial charge in [-0.05, 0) is 13.8 Å². The van der Waals surface area contributed by atoms with Crippen LogP contribution in [0.3, 0.4) is 0 Å². The van der Waals surface area contributed by atoms with Gasteiger partial charge in [0.05, 0.1) is 25.3 Å². The molecule has 1 N–H and O–H groups in total. The van der Waals surface area contributed by atoms with Crippen molar-refractivity contribution in [1.29, 1.82) is 0 Å². The summed E-state index contributed by atoms with van der Waals surface area (Å²) in [5.74, 6) is -1.46. The Kier molecular flexibility index (Phi) is 6.65. The van der Waals surface area contributed by atoms with Crippen LogP contribution in [0, 0.1) is 0 Å². The van der Waals surface area contributed by atoms with E-state index in [1.807, 2.05) is 0 Å².